The number of aliphatic hydroxyl groups is 1. The van der Waals surface area contributed by atoms with E-state index < -0.39 is 38.6 Å². The number of halogens is 2. The maximum atomic E-state index is 13.1. The molecule has 506 valence electrons. The highest BCUT2D eigenvalue weighted by Gasteiger charge is 2.72. The Hall–Kier alpha value is -6.27. The molecule has 4 atom stereocenters. The van der Waals surface area contributed by atoms with Crippen LogP contribution in [0.3, 0.4) is 0 Å². The number of benzene rings is 5. The van der Waals surface area contributed by atoms with Gasteiger partial charge in [0.15, 0.2) is 17.6 Å². The van der Waals surface area contributed by atoms with E-state index in [1.165, 1.54) is 65.2 Å². The van der Waals surface area contributed by atoms with Crippen molar-refractivity contribution in [2.75, 3.05) is 72.0 Å². The van der Waals surface area contributed by atoms with Crippen LogP contribution >= 0.6 is 23.2 Å². The van der Waals surface area contributed by atoms with Gasteiger partial charge >= 0.3 is 0 Å². The molecule has 0 radical (unpaired) electrons. The van der Waals surface area contributed by atoms with Crippen LogP contribution in [0.2, 0.25) is 10.0 Å². The molecule has 19 nitrogen and oxygen atoms in total. The Morgan fingerprint density at radius 3 is 1.83 bits per heavy atom. The predicted octanol–water partition coefficient (Wildman–Crippen LogP) is 7.85. The summed E-state index contributed by atoms with van der Waals surface area (Å²) in [5, 5.41) is 35.2. The molecular weight excluding hydrogens is 1260 g/mol. The number of piperidine rings is 4. The van der Waals surface area contributed by atoms with Crippen LogP contribution in [-0.2, 0) is 60.7 Å². The van der Waals surface area contributed by atoms with Gasteiger partial charge in [0, 0.05) is 88.0 Å². The molecule has 2 saturated carbocycles. The average Bonchev–Trinajstić information content (AvgIpc) is 1.59. The summed E-state index contributed by atoms with van der Waals surface area (Å²) in [7, 11) is -3.99. The zero-order valence-corrected chi connectivity index (χ0v) is 56.5. The average molecular weight is 1350 g/mol. The number of Topliss-reactive ketones (excluding diaryl/α,β-unsaturated/α-hetero) is 1. The number of ether oxygens (including phenoxy) is 1. The summed E-state index contributed by atoms with van der Waals surface area (Å²) < 4.78 is 33.6. The van der Waals surface area contributed by atoms with Crippen molar-refractivity contribution in [3.8, 4) is 11.5 Å². The van der Waals surface area contributed by atoms with Crippen molar-refractivity contribution in [3.05, 3.63) is 172 Å². The van der Waals surface area contributed by atoms with E-state index in [4.69, 9.17) is 27.9 Å². The Bertz CT molecular complexity index is 3740. The van der Waals surface area contributed by atoms with E-state index in [2.05, 4.69) is 96.0 Å². The molecule has 4 spiro atoms. The molecule has 16 rings (SSSR count). The highest BCUT2D eigenvalue weighted by Crippen LogP contribution is 2.63. The minimum Gasteiger partial charge on any atom is -0.505 e. The van der Waals surface area contributed by atoms with Gasteiger partial charge in [-0.15, -0.1) is 6.58 Å². The number of carbonyl (C=O) groups is 4. The summed E-state index contributed by atoms with van der Waals surface area (Å²) in [6.07, 6.45) is 15.8. The Kier molecular flexibility index (Phi) is 19.8. The second kappa shape index (κ2) is 27.9. The number of carbonyl (C=O) groups excluding carboxylic acids is 4. The number of aromatic hydroxyl groups is 1. The molecule has 3 aliphatic carbocycles. The fourth-order valence-electron chi connectivity index (χ4n) is 17.7. The molecule has 8 aliphatic heterocycles. The fraction of sp³-hybridized carbons (Fsp3) is 0.507. The number of hydrogen-bond acceptors (Lipinski definition) is 15. The number of hydrogen-bond donors (Lipinski definition) is 6. The van der Waals surface area contributed by atoms with Crippen molar-refractivity contribution < 1.29 is 42.5 Å². The molecule has 6 N–H and O–H groups in total. The SMILES string of the molecule is C=CCN1CC[C@]23c4c5cccc4OC2C(=O)CC[C@@]3(O)[C@H]1C5.O=C1CN(Cc2ccccc2)C2(CCN(C3CCCCC3)CC2)N1.O=C1CN(Cc2ccccc2)C2(CCN(S(=O)(=O)c3cc(Cl)cc(Cl)c3O)CC2)N1.O=C1CNC2(CCNCC2)N1Cc1ccccc1. The van der Waals surface area contributed by atoms with Crippen molar-refractivity contribution in [2.45, 2.75) is 167 Å². The molecular formula is C73H90Cl2N10O9S. The van der Waals surface area contributed by atoms with E-state index in [0.717, 1.165) is 107 Å². The number of phenolic OH excluding ortho intramolecular Hbond substituents is 1. The lowest BCUT2D eigenvalue weighted by Crippen LogP contribution is -2.76. The second-order valence-corrected chi connectivity index (χ2v) is 30.6. The summed E-state index contributed by atoms with van der Waals surface area (Å²) in [6, 6.07) is 40.0. The predicted molar refractivity (Wildman–Crippen MR) is 365 cm³/mol. The first kappa shape index (κ1) is 67.3. The smallest absolute Gasteiger partial charge is 0.246 e. The molecule has 8 heterocycles. The highest BCUT2D eigenvalue weighted by molar-refractivity contribution is 7.89. The van der Waals surface area contributed by atoms with Crippen LogP contribution < -0.4 is 26.0 Å². The van der Waals surface area contributed by atoms with Gasteiger partial charge in [-0.1, -0.05) is 152 Å². The Morgan fingerprint density at radius 1 is 0.663 bits per heavy atom. The van der Waals surface area contributed by atoms with Crippen molar-refractivity contribution >= 4 is 56.7 Å². The van der Waals surface area contributed by atoms with Gasteiger partial charge in [0.1, 0.15) is 10.6 Å². The Morgan fingerprint density at radius 2 is 1.24 bits per heavy atom. The molecule has 0 aromatic heterocycles. The number of amides is 3. The summed E-state index contributed by atoms with van der Waals surface area (Å²) in [6.45, 7) is 13.6. The first-order valence-electron chi connectivity index (χ1n) is 34.2. The fourth-order valence-corrected chi connectivity index (χ4v) is 19.9. The maximum absolute atomic E-state index is 13.1. The van der Waals surface area contributed by atoms with Gasteiger partial charge in [-0.25, -0.2) is 8.42 Å². The molecule has 1 unspecified atom stereocenters. The molecule has 7 saturated heterocycles. The van der Waals surface area contributed by atoms with Gasteiger partial charge in [-0.05, 0) is 124 Å². The first-order chi connectivity index (χ1) is 45.9. The van der Waals surface area contributed by atoms with Crippen LogP contribution in [0.4, 0.5) is 0 Å². The van der Waals surface area contributed by atoms with Gasteiger partial charge in [0.2, 0.25) is 27.7 Å². The lowest BCUT2D eigenvalue weighted by atomic mass is 9.49. The number of nitrogens with one attached hydrogen (secondary N) is 4. The minimum absolute atomic E-state index is 0.0364. The van der Waals surface area contributed by atoms with Crippen molar-refractivity contribution in [2.24, 2.45) is 0 Å². The van der Waals surface area contributed by atoms with Gasteiger partial charge < -0.3 is 40.7 Å². The third-order valence-corrected chi connectivity index (χ3v) is 25.0. The number of phenols is 1. The molecule has 3 amide bonds. The van der Waals surface area contributed by atoms with E-state index >= 15 is 0 Å². The molecule has 5 aromatic carbocycles. The monoisotopic (exact) mass is 1350 g/mol. The molecule has 9 fully saturated rings. The van der Waals surface area contributed by atoms with E-state index in [0.29, 0.717) is 51.9 Å². The molecule has 11 aliphatic rings. The highest BCUT2D eigenvalue weighted by atomic mass is 35.5. The molecule has 95 heavy (non-hydrogen) atoms. The van der Waals surface area contributed by atoms with Crippen LogP contribution in [0.25, 0.3) is 0 Å². The molecule has 22 heteroatoms. The van der Waals surface area contributed by atoms with Gasteiger partial charge in [-0.2, -0.15) is 4.31 Å². The molecule has 2 bridgehead atoms. The van der Waals surface area contributed by atoms with Crippen molar-refractivity contribution in [3.63, 3.8) is 0 Å². The quantitative estimate of drug-likeness (QED) is 0.0694. The van der Waals surface area contributed by atoms with Crippen LogP contribution in [0, 0.1) is 0 Å². The zero-order chi connectivity index (χ0) is 66.2. The van der Waals surface area contributed by atoms with Crippen LogP contribution in [0.5, 0.6) is 11.5 Å². The van der Waals surface area contributed by atoms with E-state index in [9.17, 15) is 37.8 Å². The van der Waals surface area contributed by atoms with Crippen LogP contribution in [0.15, 0.2) is 139 Å². The number of nitrogens with zero attached hydrogens (tertiary/aromatic N) is 6. The molecule has 5 aromatic rings. The number of ketones is 1. The standard InChI is InChI=1S/C20H21Cl2N3O4S.C20H29N3O.C19H21NO3.C14H19N3O/c21-15-10-16(22)19(27)17(11-15)30(28,29)25-8-6-20(7-9-25)23-18(26)13-24(20)12-14-4-2-1-3-5-14;24-19-16-23(15-17-7-3-1-4-8-17)20(21-19)11-13-22(14-12-20)18-9-5-2-6-10-18;1-2-9-20-10-8-18-16-12-4-3-5-14(16)23-17(18)13(21)6-7-19(18,22)15(20)11-12;18-13-10-16-14(6-8-15-9-7-14)17(13)11-12-4-2-1-3-5-12/h1-5,10-11,27H,6-9,12-13H2,(H,23,26);1,3-4,7-8,18H,2,5-6,9-16H2,(H,21,24);2-5,15,17,22H,1,6-11H2;1-5,15-16H,6-11H2/t;;15-,17?,18+,19-;/m..1./s1. The largest absolute Gasteiger partial charge is 0.505 e. The Balaban J connectivity index is 0.000000116. The lowest BCUT2D eigenvalue weighted by Gasteiger charge is -2.62. The van der Waals surface area contributed by atoms with E-state index in [-0.39, 0.29) is 75.4 Å². The number of likely N-dealkylation sites (tertiary alicyclic amines) is 2. The normalized spacial score (nSPS) is 26.9. The topological polar surface area (TPSA) is 220 Å². The summed E-state index contributed by atoms with van der Waals surface area (Å²) >= 11 is 11.8. The van der Waals surface area contributed by atoms with Crippen molar-refractivity contribution in [1.29, 1.82) is 0 Å². The summed E-state index contributed by atoms with van der Waals surface area (Å²) in [5.41, 5.74) is 3.69. The van der Waals surface area contributed by atoms with Gasteiger partial charge in [0.25, 0.3) is 0 Å². The van der Waals surface area contributed by atoms with E-state index in [1.54, 1.807) is 0 Å². The van der Waals surface area contributed by atoms with Crippen LogP contribution in [0.1, 0.15) is 118 Å². The third-order valence-electron chi connectivity index (χ3n) is 22.6. The number of sulfonamides is 1. The minimum atomic E-state index is -3.99. The second-order valence-electron chi connectivity index (χ2n) is 27.8. The lowest BCUT2D eigenvalue weighted by molar-refractivity contribution is -0.187. The first-order valence-corrected chi connectivity index (χ1v) is 36.4. The third kappa shape index (κ3) is 13.1. The van der Waals surface area contributed by atoms with Crippen molar-refractivity contribution in [1.82, 2.24) is 50.1 Å². The Labute approximate surface area is 568 Å². The van der Waals surface area contributed by atoms with E-state index in [1.807, 2.05) is 71.6 Å². The van der Waals surface area contributed by atoms with Gasteiger partial charge in [-0.3, -0.25) is 39.2 Å². The van der Waals surface area contributed by atoms with Gasteiger partial charge in [0.05, 0.1) is 52.7 Å². The maximum Gasteiger partial charge on any atom is 0.246 e. The number of rotatable bonds is 11. The van der Waals surface area contributed by atoms with Crippen LogP contribution in [-0.4, -0.2) is 184 Å². The summed E-state index contributed by atoms with van der Waals surface area (Å²) in [4.78, 5) is 60.2. The zero-order valence-electron chi connectivity index (χ0n) is 54.2. The summed E-state index contributed by atoms with van der Waals surface area (Å²) in [5.74, 6) is 0.798.